The second kappa shape index (κ2) is 6.33. The van der Waals surface area contributed by atoms with Crippen LogP contribution in [-0.2, 0) is 11.2 Å². The van der Waals surface area contributed by atoms with Crippen LogP contribution in [0.5, 0.6) is 0 Å². The Labute approximate surface area is 101 Å². The summed E-state index contributed by atoms with van der Waals surface area (Å²) in [4.78, 5) is 5.51. The molecule has 4 heteroatoms. The lowest BCUT2D eigenvalue weighted by molar-refractivity contribution is 0.0397. The van der Waals surface area contributed by atoms with Crippen molar-refractivity contribution in [2.24, 2.45) is 5.92 Å². The molecule has 0 amide bonds. The van der Waals surface area contributed by atoms with Gasteiger partial charge in [-0.3, -0.25) is 4.98 Å². The Bertz CT molecular complexity index is 283. The number of hydrogen-bond acceptors (Lipinski definition) is 4. The molecule has 0 bridgehead atoms. The van der Waals surface area contributed by atoms with E-state index in [1.54, 1.807) is 11.3 Å². The molecule has 0 spiro atoms. The molecule has 0 aromatic carbocycles. The van der Waals surface area contributed by atoms with Crippen LogP contribution in [0.3, 0.4) is 0 Å². The number of ether oxygens (including phenoxy) is 1. The quantitative estimate of drug-likeness (QED) is 0.855. The van der Waals surface area contributed by atoms with E-state index in [0.717, 1.165) is 26.2 Å². The van der Waals surface area contributed by atoms with E-state index >= 15 is 0 Å². The van der Waals surface area contributed by atoms with E-state index in [1.807, 2.05) is 11.7 Å². The van der Waals surface area contributed by atoms with Gasteiger partial charge in [0.25, 0.3) is 0 Å². The van der Waals surface area contributed by atoms with Crippen molar-refractivity contribution in [1.29, 1.82) is 0 Å². The molecule has 0 radical (unpaired) electrons. The molecule has 1 aliphatic rings. The van der Waals surface area contributed by atoms with E-state index in [1.165, 1.54) is 17.7 Å². The average molecular weight is 240 g/mol. The van der Waals surface area contributed by atoms with Crippen molar-refractivity contribution in [3.05, 3.63) is 16.6 Å². The molecule has 1 aromatic heterocycles. The summed E-state index contributed by atoms with van der Waals surface area (Å²) in [6.07, 6.45) is 5.57. The molecular formula is C12H20N2OS. The van der Waals surface area contributed by atoms with Crippen LogP contribution >= 0.6 is 11.3 Å². The molecule has 0 aliphatic carbocycles. The van der Waals surface area contributed by atoms with Gasteiger partial charge in [-0.05, 0) is 31.7 Å². The maximum absolute atomic E-state index is 5.58. The number of rotatable bonds is 5. The Morgan fingerprint density at radius 2 is 2.62 bits per heavy atom. The minimum absolute atomic E-state index is 0.547. The molecule has 2 rings (SSSR count). The van der Waals surface area contributed by atoms with Gasteiger partial charge in [0.1, 0.15) is 0 Å². The topological polar surface area (TPSA) is 34.2 Å². The van der Waals surface area contributed by atoms with Crippen molar-refractivity contribution >= 4 is 11.3 Å². The van der Waals surface area contributed by atoms with Gasteiger partial charge in [0.2, 0.25) is 0 Å². The minimum atomic E-state index is 0.547. The molecule has 2 heterocycles. The highest BCUT2D eigenvalue weighted by Gasteiger charge is 2.23. The summed E-state index contributed by atoms with van der Waals surface area (Å²) in [5.74, 6) is 0.663. The van der Waals surface area contributed by atoms with Gasteiger partial charge in [0.05, 0.1) is 12.1 Å². The first-order valence-electron chi connectivity index (χ1n) is 6.08. The molecule has 2 unspecified atom stereocenters. The molecule has 2 atom stereocenters. The second-order valence-electron chi connectivity index (χ2n) is 4.31. The van der Waals surface area contributed by atoms with Crippen molar-refractivity contribution in [3.63, 3.8) is 0 Å². The van der Waals surface area contributed by atoms with Crippen LogP contribution in [0.15, 0.2) is 11.7 Å². The molecule has 1 fully saturated rings. The standard InChI is InChI=1S/C12H20N2OS/c1-2-14-12(6-11-7-13-9-16-11)10-4-3-5-15-8-10/h7,9-10,12,14H,2-6,8H2,1H3. The molecule has 1 aliphatic heterocycles. The zero-order chi connectivity index (χ0) is 11.2. The van der Waals surface area contributed by atoms with Gasteiger partial charge in [0, 0.05) is 23.7 Å². The number of nitrogens with zero attached hydrogens (tertiary/aromatic N) is 1. The molecule has 0 saturated carbocycles. The summed E-state index contributed by atoms with van der Waals surface area (Å²) in [7, 11) is 0. The maximum Gasteiger partial charge on any atom is 0.0794 e. The first-order chi connectivity index (χ1) is 7.90. The van der Waals surface area contributed by atoms with Crippen molar-refractivity contribution in [2.75, 3.05) is 19.8 Å². The van der Waals surface area contributed by atoms with Gasteiger partial charge in [0.15, 0.2) is 0 Å². The summed E-state index contributed by atoms with van der Waals surface area (Å²) >= 11 is 1.75. The Morgan fingerprint density at radius 1 is 1.69 bits per heavy atom. The second-order valence-corrected chi connectivity index (χ2v) is 5.28. The third-order valence-corrected chi connectivity index (χ3v) is 3.94. The van der Waals surface area contributed by atoms with E-state index in [0.29, 0.717) is 12.0 Å². The highest BCUT2D eigenvalue weighted by Crippen LogP contribution is 2.21. The van der Waals surface area contributed by atoms with Crippen LogP contribution in [0.2, 0.25) is 0 Å². The Hall–Kier alpha value is -0.450. The van der Waals surface area contributed by atoms with E-state index in [9.17, 15) is 0 Å². The van der Waals surface area contributed by atoms with Gasteiger partial charge in [-0.15, -0.1) is 11.3 Å². The fraction of sp³-hybridized carbons (Fsp3) is 0.750. The lowest BCUT2D eigenvalue weighted by Crippen LogP contribution is -2.41. The Kier molecular flexibility index (Phi) is 4.75. The first kappa shape index (κ1) is 12.0. The third-order valence-electron chi connectivity index (χ3n) is 3.14. The number of likely N-dealkylation sites (N-methyl/N-ethyl adjacent to an activating group) is 1. The van der Waals surface area contributed by atoms with Crippen molar-refractivity contribution in [2.45, 2.75) is 32.2 Å². The molecule has 16 heavy (non-hydrogen) atoms. The van der Waals surface area contributed by atoms with Gasteiger partial charge < -0.3 is 10.1 Å². The van der Waals surface area contributed by atoms with Crippen molar-refractivity contribution in [3.8, 4) is 0 Å². The van der Waals surface area contributed by atoms with Crippen LogP contribution in [0.1, 0.15) is 24.6 Å². The highest BCUT2D eigenvalue weighted by atomic mass is 32.1. The van der Waals surface area contributed by atoms with Gasteiger partial charge in [-0.25, -0.2) is 0 Å². The lowest BCUT2D eigenvalue weighted by Gasteiger charge is -2.30. The van der Waals surface area contributed by atoms with E-state index in [4.69, 9.17) is 4.74 Å². The van der Waals surface area contributed by atoms with Crippen LogP contribution in [0.4, 0.5) is 0 Å². The van der Waals surface area contributed by atoms with Crippen molar-refractivity contribution < 1.29 is 4.74 Å². The maximum atomic E-state index is 5.58. The lowest BCUT2D eigenvalue weighted by atomic mass is 9.91. The predicted molar refractivity (Wildman–Crippen MR) is 66.8 cm³/mol. The third kappa shape index (κ3) is 3.27. The summed E-state index contributed by atoms with van der Waals surface area (Å²) in [6.45, 7) is 5.05. The van der Waals surface area contributed by atoms with Crippen molar-refractivity contribution in [1.82, 2.24) is 10.3 Å². The molecule has 3 nitrogen and oxygen atoms in total. The molecule has 1 N–H and O–H groups in total. The monoisotopic (exact) mass is 240 g/mol. The van der Waals surface area contributed by atoms with Crippen LogP contribution in [0, 0.1) is 5.92 Å². The Balaban J connectivity index is 1.92. The van der Waals surface area contributed by atoms with E-state index in [2.05, 4.69) is 17.2 Å². The largest absolute Gasteiger partial charge is 0.381 e. The van der Waals surface area contributed by atoms with Gasteiger partial charge >= 0.3 is 0 Å². The van der Waals surface area contributed by atoms with Crippen LogP contribution < -0.4 is 5.32 Å². The number of thiazole rings is 1. The zero-order valence-electron chi connectivity index (χ0n) is 9.82. The first-order valence-corrected chi connectivity index (χ1v) is 6.96. The van der Waals surface area contributed by atoms with E-state index in [-0.39, 0.29) is 0 Å². The SMILES string of the molecule is CCNC(Cc1cncs1)C1CCCOC1. The number of aromatic nitrogens is 1. The smallest absolute Gasteiger partial charge is 0.0794 e. The number of nitrogens with one attached hydrogen (secondary N) is 1. The summed E-state index contributed by atoms with van der Waals surface area (Å²) in [6, 6.07) is 0.547. The van der Waals surface area contributed by atoms with Gasteiger partial charge in [-0.1, -0.05) is 6.92 Å². The fourth-order valence-corrected chi connectivity index (χ4v) is 2.96. The van der Waals surface area contributed by atoms with E-state index < -0.39 is 0 Å². The number of hydrogen-bond donors (Lipinski definition) is 1. The summed E-state index contributed by atoms with van der Waals surface area (Å²) in [5.41, 5.74) is 1.91. The fourth-order valence-electron chi connectivity index (χ4n) is 2.31. The zero-order valence-corrected chi connectivity index (χ0v) is 10.6. The Morgan fingerprint density at radius 3 is 3.25 bits per heavy atom. The van der Waals surface area contributed by atoms with Gasteiger partial charge in [-0.2, -0.15) is 0 Å². The molecule has 1 saturated heterocycles. The molecular weight excluding hydrogens is 220 g/mol. The van der Waals surface area contributed by atoms with Crippen LogP contribution in [-0.4, -0.2) is 30.8 Å². The summed E-state index contributed by atoms with van der Waals surface area (Å²) < 4.78 is 5.58. The summed E-state index contributed by atoms with van der Waals surface area (Å²) in [5, 5.41) is 3.59. The normalized spacial score (nSPS) is 23.2. The predicted octanol–water partition coefficient (Wildman–Crippen LogP) is 2.09. The molecule has 90 valence electrons. The average Bonchev–Trinajstić information content (AvgIpc) is 2.83. The minimum Gasteiger partial charge on any atom is -0.381 e. The molecule has 1 aromatic rings. The highest BCUT2D eigenvalue weighted by molar-refractivity contribution is 7.09. The van der Waals surface area contributed by atoms with Crippen LogP contribution in [0.25, 0.3) is 0 Å².